The lowest BCUT2D eigenvalue weighted by atomic mass is 9.90. The van der Waals surface area contributed by atoms with E-state index >= 15 is 0 Å². The predicted octanol–water partition coefficient (Wildman–Crippen LogP) is 4.80. The van der Waals surface area contributed by atoms with Crippen LogP contribution in [0.15, 0.2) is 30.3 Å². The number of hydrogen-bond acceptors (Lipinski definition) is 2. The molecule has 100 valence electrons. The number of thiophene rings is 1. The third-order valence-corrected chi connectivity index (χ3v) is 5.14. The van der Waals surface area contributed by atoms with Gasteiger partial charge in [0.05, 0.1) is 0 Å². The first-order chi connectivity index (χ1) is 9.36. The summed E-state index contributed by atoms with van der Waals surface area (Å²) >= 11 is 1.93. The van der Waals surface area contributed by atoms with E-state index in [1.807, 2.05) is 11.3 Å². The van der Waals surface area contributed by atoms with Crippen molar-refractivity contribution >= 4 is 17.0 Å². The van der Waals surface area contributed by atoms with E-state index in [-0.39, 0.29) is 0 Å². The second kappa shape index (κ2) is 5.79. The molecule has 3 rings (SSSR count). The first-order valence-corrected chi connectivity index (χ1v) is 8.10. The summed E-state index contributed by atoms with van der Waals surface area (Å²) < 4.78 is 0. The van der Waals surface area contributed by atoms with Crippen molar-refractivity contribution in [2.24, 2.45) is 0 Å². The number of fused-ring (bicyclic) bond motifs is 1. The summed E-state index contributed by atoms with van der Waals surface area (Å²) in [6.07, 6.45) is 6.32. The zero-order valence-corrected chi connectivity index (χ0v) is 12.4. The number of hydrogen-bond donors (Lipinski definition) is 1. The van der Waals surface area contributed by atoms with Crippen LogP contribution in [0, 0.1) is 0 Å². The van der Waals surface area contributed by atoms with Crippen LogP contribution in [0.2, 0.25) is 0 Å². The third-order valence-electron chi connectivity index (χ3n) is 3.91. The molecule has 0 bridgehead atoms. The monoisotopic (exact) mass is 271 g/mol. The highest BCUT2D eigenvalue weighted by atomic mass is 32.1. The average molecular weight is 271 g/mol. The van der Waals surface area contributed by atoms with Crippen molar-refractivity contribution in [3.8, 4) is 0 Å². The minimum Gasteiger partial charge on any atom is -0.380 e. The van der Waals surface area contributed by atoms with Crippen LogP contribution in [0.4, 0.5) is 5.69 Å². The zero-order chi connectivity index (χ0) is 13.1. The molecule has 1 aromatic heterocycles. The molecule has 0 spiro atoms. The highest BCUT2D eigenvalue weighted by Gasteiger charge is 2.12. The summed E-state index contributed by atoms with van der Waals surface area (Å²) in [6, 6.07) is 11.2. The third kappa shape index (κ3) is 2.84. The van der Waals surface area contributed by atoms with Crippen LogP contribution in [0.25, 0.3) is 0 Å². The van der Waals surface area contributed by atoms with Gasteiger partial charge >= 0.3 is 0 Å². The minimum absolute atomic E-state index is 0.959. The van der Waals surface area contributed by atoms with E-state index in [1.54, 1.807) is 11.1 Å². The van der Waals surface area contributed by atoms with Gasteiger partial charge in [-0.25, -0.2) is 0 Å². The molecule has 19 heavy (non-hydrogen) atoms. The van der Waals surface area contributed by atoms with Crippen LogP contribution in [-0.2, 0) is 25.8 Å². The molecule has 1 aliphatic rings. The van der Waals surface area contributed by atoms with Crippen molar-refractivity contribution in [3.63, 3.8) is 0 Å². The Hall–Kier alpha value is -1.28. The Balaban J connectivity index is 1.73. The van der Waals surface area contributed by atoms with Gasteiger partial charge in [-0.1, -0.05) is 19.1 Å². The molecular formula is C17H21NS. The molecule has 0 unspecified atom stereocenters. The maximum Gasteiger partial charge on any atom is 0.0494 e. The molecule has 0 saturated carbocycles. The number of benzene rings is 1. The molecule has 0 radical (unpaired) electrons. The summed E-state index contributed by atoms with van der Waals surface area (Å²) in [5, 5.41) is 3.64. The SMILES string of the molecule is CCc1ccc(CNc2cccc3c2CCCC3)s1. The summed E-state index contributed by atoms with van der Waals surface area (Å²) in [7, 11) is 0. The van der Waals surface area contributed by atoms with Gasteiger partial charge in [0.15, 0.2) is 0 Å². The summed E-state index contributed by atoms with van der Waals surface area (Å²) in [6.45, 7) is 3.18. The van der Waals surface area contributed by atoms with E-state index in [0.29, 0.717) is 0 Å². The molecule has 1 nitrogen and oxygen atoms in total. The zero-order valence-electron chi connectivity index (χ0n) is 11.5. The Kier molecular flexibility index (Phi) is 3.88. The minimum atomic E-state index is 0.959. The van der Waals surface area contributed by atoms with E-state index in [2.05, 4.69) is 42.6 Å². The second-order valence-corrected chi connectivity index (χ2v) is 6.48. The molecule has 0 aliphatic heterocycles. The summed E-state index contributed by atoms with van der Waals surface area (Å²) in [5.74, 6) is 0. The largest absolute Gasteiger partial charge is 0.380 e. The van der Waals surface area contributed by atoms with E-state index in [4.69, 9.17) is 0 Å². The number of nitrogens with one attached hydrogen (secondary N) is 1. The van der Waals surface area contributed by atoms with Crippen LogP contribution in [0.5, 0.6) is 0 Å². The molecular weight excluding hydrogens is 250 g/mol. The molecule has 1 aromatic carbocycles. The van der Waals surface area contributed by atoms with Crippen LogP contribution in [0.3, 0.4) is 0 Å². The highest BCUT2D eigenvalue weighted by molar-refractivity contribution is 7.12. The Bertz CT molecular complexity index is 556. The Morgan fingerprint density at radius 1 is 1.05 bits per heavy atom. The van der Waals surface area contributed by atoms with Crippen molar-refractivity contribution in [2.75, 3.05) is 5.32 Å². The average Bonchev–Trinajstić information content (AvgIpc) is 2.93. The molecule has 1 N–H and O–H groups in total. The van der Waals surface area contributed by atoms with E-state index in [0.717, 1.165) is 13.0 Å². The van der Waals surface area contributed by atoms with Crippen molar-refractivity contribution in [2.45, 2.75) is 45.6 Å². The lowest BCUT2D eigenvalue weighted by Crippen LogP contribution is -2.08. The summed E-state index contributed by atoms with van der Waals surface area (Å²) in [4.78, 5) is 2.91. The molecule has 2 heteroatoms. The van der Waals surface area contributed by atoms with Crippen molar-refractivity contribution in [3.05, 3.63) is 51.2 Å². The summed E-state index contributed by atoms with van der Waals surface area (Å²) in [5.41, 5.74) is 4.46. The van der Waals surface area contributed by atoms with Gasteiger partial charge < -0.3 is 5.32 Å². The van der Waals surface area contributed by atoms with Crippen LogP contribution in [0.1, 0.15) is 40.6 Å². The molecule has 0 amide bonds. The van der Waals surface area contributed by atoms with Gasteiger partial charge in [0.1, 0.15) is 0 Å². The van der Waals surface area contributed by atoms with Gasteiger partial charge in [-0.15, -0.1) is 11.3 Å². The number of rotatable bonds is 4. The molecule has 1 heterocycles. The van der Waals surface area contributed by atoms with Crippen molar-refractivity contribution in [1.82, 2.24) is 0 Å². The van der Waals surface area contributed by atoms with Crippen molar-refractivity contribution in [1.29, 1.82) is 0 Å². The Morgan fingerprint density at radius 2 is 1.89 bits per heavy atom. The van der Waals surface area contributed by atoms with E-state index < -0.39 is 0 Å². The van der Waals surface area contributed by atoms with E-state index in [9.17, 15) is 0 Å². The number of anilines is 1. The van der Waals surface area contributed by atoms with Crippen LogP contribution >= 0.6 is 11.3 Å². The molecule has 0 fully saturated rings. The normalized spacial score (nSPS) is 14.2. The smallest absolute Gasteiger partial charge is 0.0494 e. The standard InChI is InChI=1S/C17H21NS/c1-2-14-10-11-15(19-14)12-18-17-9-5-7-13-6-3-4-8-16(13)17/h5,7,9-11,18H,2-4,6,8,12H2,1H3. The van der Waals surface area contributed by atoms with E-state index in [1.165, 1.54) is 41.1 Å². The fourth-order valence-corrected chi connectivity index (χ4v) is 3.73. The molecule has 1 aliphatic carbocycles. The lowest BCUT2D eigenvalue weighted by Gasteiger charge is -2.19. The fraction of sp³-hybridized carbons (Fsp3) is 0.412. The Morgan fingerprint density at radius 3 is 2.74 bits per heavy atom. The van der Waals surface area contributed by atoms with Crippen LogP contribution in [-0.4, -0.2) is 0 Å². The van der Waals surface area contributed by atoms with Crippen LogP contribution < -0.4 is 5.32 Å². The quantitative estimate of drug-likeness (QED) is 0.842. The molecule has 0 saturated heterocycles. The number of aryl methyl sites for hydroxylation is 2. The maximum absolute atomic E-state index is 3.64. The van der Waals surface area contributed by atoms with Crippen molar-refractivity contribution < 1.29 is 0 Å². The second-order valence-electron chi connectivity index (χ2n) is 5.23. The molecule has 0 atom stereocenters. The van der Waals surface area contributed by atoms with Gasteiger partial charge in [0.2, 0.25) is 0 Å². The van der Waals surface area contributed by atoms with Gasteiger partial charge in [-0.2, -0.15) is 0 Å². The van der Waals surface area contributed by atoms with Gasteiger partial charge in [-0.3, -0.25) is 0 Å². The first-order valence-electron chi connectivity index (χ1n) is 7.29. The highest BCUT2D eigenvalue weighted by Crippen LogP contribution is 2.28. The fourth-order valence-electron chi connectivity index (χ4n) is 2.84. The van der Waals surface area contributed by atoms with Gasteiger partial charge in [-0.05, 0) is 61.4 Å². The topological polar surface area (TPSA) is 12.0 Å². The first kappa shape index (κ1) is 12.7. The Labute approximate surface area is 119 Å². The maximum atomic E-state index is 3.64. The van der Waals surface area contributed by atoms with Gasteiger partial charge in [0.25, 0.3) is 0 Å². The predicted molar refractivity (Wildman–Crippen MR) is 84.1 cm³/mol. The van der Waals surface area contributed by atoms with Gasteiger partial charge in [0, 0.05) is 22.0 Å². The molecule has 2 aromatic rings. The lowest BCUT2D eigenvalue weighted by molar-refractivity contribution is 0.686.